The Labute approximate surface area is 41.6 Å². The molecular formula is C3H7NV. The van der Waals surface area contributed by atoms with Crippen LogP contribution in [0.5, 0.6) is 0 Å². The van der Waals surface area contributed by atoms with Crippen LogP contribution in [0.3, 0.4) is 0 Å². The second kappa shape index (κ2) is 2.61. The van der Waals surface area contributed by atoms with Crippen molar-refractivity contribution in [2.75, 3.05) is 0 Å². The van der Waals surface area contributed by atoms with Crippen LogP contribution >= 0.6 is 0 Å². The average molecular weight is 108 g/mol. The summed E-state index contributed by atoms with van der Waals surface area (Å²) in [5, 5.41) is 0. The molecule has 0 radical (unpaired) electrons. The van der Waals surface area contributed by atoms with Crippen LogP contribution in [0.1, 0.15) is 13.8 Å². The topological polar surface area (TPSA) is 12.4 Å². The van der Waals surface area contributed by atoms with E-state index in [-0.39, 0.29) is 0 Å². The van der Waals surface area contributed by atoms with E-state index >= 15 is 0 Å². The molecule has 0 saturated carbocycles. The Balaban J connectivity index is 2.83. The van der Waals surface area contributed by atoms with Crippen molar-refractivity contribution in [2.24, 2.45) is 3.79 Å². The van der Waals surface area contributed by atoms with E-state index in [1.807, 2.05) is 13.8 Å². The van der Waals surface area contributed by atoms with Crippen molar-refractivity contribution in [2.45, 2.75) is 19.9 Å². The standard InChI is InChI=1S/C3H7N.V/c1-3(2)4;/h3H,1-2H3;. The summed E-state index contributed by atoms with van der Waals surface area (Å²) in [6.07, 6.45) is 0. The Kier molecular flexibility index (Phi) is 2.81. The van der Waals surface area contributed by atoms with Crippen molar-refractivity contribution in [1.29, 1.82) is 0 Å². The molecule has 5 heavy (non-hydrogen) atoms. The van der Waals surface area contributed by atoms with Crippen LogP contribution in [0.2, 0.25) is 0 Å². The fourth-order valence-electron chi connectivity index (χ4n) is 0. The van der Waals surface area contributed by atoms with Crippen molar-refractivity contribution in [3.05, 3.63) is 0 Å². The molecule has 0 saturated heterocycles. The third-order valence-corrected chi connectivity index (χ3v) is 0.952. The SMILES string of the molecule is CC(C)[N]=[V]. The molecule has 2 heteroatoms. The molecule has 0 amide bonds. The quantitative estimate of drug-likeness (QED) is 0.477. The van der Waals surface area contributed by atoms with Gasteiger partial charge in [-0.2, -0.15) is 0 Å². The van der Waals surface area contributed by atoms with Gasteiger partial charge in [0.25, 0.3) is 0 Å². The summed E-state index contributed by atoms with van der Waals surface area (Å²) in [6.45, 7) is 4.08. The fourth-order valence-corrected chi connectivity index (χ4v) is 0. The van der Waals surface area contributed by atoms with Crippen LogP contribution in [-0.2, 0) is 17.2 Å². The summed E-state index contributed by atoms with van der Waals surface area (Å²) in [4.78, 5) is 0. The van der Waals surface area contributed by atoms with Crippen molar-refractivity contribution in [3.63, 3.8) is 0 Å². The van der Waals surface area contributed by atoms with Gasteiger partial charge in [0, 0.05) is 0 Å². The Morgan fingerprint density at radius 2 is 1.80 bits per heavy atom. The van der Waals surface area contributed by atoms with Crippen LogP contribution in [0.25, 0.3) is 0 Å². The Morgan fingerprint density at radius 1 is 1.60 bits per heavy atom. The Morgan fingerprint density at radius 3 is 1.80 bits per heavy atom. The van der Waals surface area contributed by atoms with Crippen molar-refractivity contribution in [3.8, 4) is 0 Å². The van der Waals surface area contributed by atoms with Gasteiger partial charge >= 0.3 is 40.9 Å². The van der Waals surface area contributed by atoms with E-state index in [9.17, 15) is 0 Å². The van der Waals surface area contributed by atoms with Gasteiger partial charge in [0.05, 0.1) is 0 Å². The van der Waals surface area contributed by atoms with E-state index < -0.39 is 0 Å². The van der Waals surface area contributed by atoms with Gasteiger partial charge in [0.1, 0.15) is 0 Å². The maximum atomic E-state index is 3.83. The molecule has 0 spiro atoms. The zero-order valence-electron chi connectivity index (χ0n) is 3.47. The van der Waals surface area contributed by atoms with E-state index in [4.69, 9.17) is 0 Å². The average Bonchev–Trinajstić information content (AvgIpc) is 1.38. The number of nitrogens with zero attached hydrogens (tertiary/aromatic N) is 1. The third kappa shape index (κ3) is 4.38. The maximum absolute atomic E-state index is 3.83. The molecule has 0 aromatic rings. The molecule has 0 aliphatic heterocycles. The minimum atomic E-state index is 0.481. The molecule has 29 valence electrons. The normalized spacial score (nSPS) is 8.40. The predicted molar refractivity (Wildman–Crippen MR) is 17.6 cm³/mol. The zero-order chi connectivity index (χ0) is 4.28. The minimum absolute atomic E-state index is 0.481. The van der Waals surface area contributed by atoms with Gasteiger partial charge in [-0.3, -0.25) is 0 Å². The predicted octanol–water partition coefficient (Wildman–Crippen LogP) is 1.13. The van der Waals surface area contributed by atoms with Gasteiger partial charge in [-0.15, -0.1) is 0 Å². The number of hydrogen-bond donors (Lipinski definition) is 0. The van der Waals surface area contributed by atoms with Crippen molar-refractivity contribution < 1.29 is 17.2 Å². The van der Waals surface area contributed by atoms with E-state index in [1.54, 1.807) is 0 Å². The van der Waals surface area contributed by atoms with Gasteiger partial charge in [-0.05, 0) is 0 Å². The monoisotopic (exact) mass is 108 g/mol. The van der Waals surface area contributed by atoms with E-state index in [0.29, 0.717) is 6.04 Å². The molecule has 0 aliphatic rings. The number of hydrogen-bond acceptors (Lipinski definition) is 1. The van der Waals surface area contributed by atoms with Crippen molar-refractivity contribution in [1.82, 2.24) is 0 Å². The van der Waals surface area contributed by atoms with Gasteiger partial charge in [-0.1, -0.05) is 0 Å². The van der Waals surface area contributed by atoms with Gasteiger partial charge < -0.3 is 0 Å². The first-order valence-corrected chi connectivity index (χ1v) is 2.24. The molecule has 0 rings (SSSR count). The molecule has 0 aromatic carbocycles. The molecule has 0 fully saturated rings. The summed E-state index contributed by atoms with van der Waals surface area (Å²) in [5.41, 5.74) is 0. The van der Waals surface area contributed by atoms with Crippen LogP contribution in [0, 0.1) is 0 Å². The molecule has 0 aliphatic carbocycles. The van der Waals surface area contributed by atoms with Gasteiger partial charge in [0.15, 0.2) is 0 Å². The van der Waals surface area contributed by atoms with E-state index in [0.717, 1.165) is 0 Å². The molecule has 1 nitrogen and oxygen atoms in total. The summed E-state index contributed by atoms with van der Waals surface area (Å²) in [7, 11) is 0. The zero-order valence-corrected chi connectivity index (χ0v) is 4.87. The first-order valence-electron chi connectivity index (χ1n) is 1.61. The number of rotatable bonds is 1. The van der Waals surface area contributed by atoms with Crippen LogP contribution < -0.4 is 0 Å². The second-order valence-electron chi connectivity index (χ2n) is 1.21. The first kappa shape index (κ1) is 5.38. The molecular weight excluding hydrogens is 101 g/mol. The van der Waals surface area contributed by atoms with E-state index in [1.165, 1.54) is 0 Å². The molecule has 0 N–H and O–H groups in total. The Bertz CT molecular complexity index is 33.9. The third-order valence-electron chi connectivity index (χ3n) is 0.231. The molecule has 0 bridgehead atoms. The fraction of sp³-hybridized carbons (Fsp3) is 1.00. The second-order valence-corrected chi connectivity index (χ2v) is 1.57. The van der Waals surface area contributed by atoms with Crippen LogP contribution in [0.15, 0.2) is 3.79 Å². The molecule has 0 aromatic heterocycles. The summed E-state index contributed by atoms with van der Waals surface area (Å²) >= 11 is 2.20. The van der Waals surface area contributed by atoms with Gasteiger partial charge in [-0.25, -0.2) is 0 Å². The van der Waals surface area contributed by atoms with Crippen LogP contribution in [-0.4, -0.2) is 6.04 Å². The van der Waals surface area contributed by atoms with E-state index in [2.05, 4.69) is 21.0 Å². The summed E-state index contributed by atoms with van der Waals surface area (Å²) < 4.78 is 3.83. The molecule has 0 unspecified atom stereocenters. The van der Waals surface area contributed by atoms with Gasteiger partial charge in [0.2, 0.25) is 0 Å². The summed E-state index contributed by atoms with van der Waals surface area (Å²) in [6, 6.07) is 0.481. The first-order chi connectivity index (χ1) is 2.27. The van der Waals surface area contributed by atoms with Crippen LogP contribution in [0.4, 0.5) is 0 Å². The van der Waals surface area contributed by atoms with Crippen molar-refractivity contribution >= 4 is 0 Å². The molecule has 0 heterocycles. The molecule has 0 atom stereocenters. The Hall–Kier alpha value is 0.384. The summed E-state index contributed by atoms with van der Waals surface area (Å²) in [5.74, 6) is 0.